The summed E-state index contributed by atoms with van der Waals surface area (Å²) in [5.74, 6) is -2.08. The zero-order valence-corrected chi connectivity index (χ0v) is 14.8. The predicted molar refractivity (Wildman–Crippen MR) is 88.3 cm³/mol. The summed E-state index contributed by atoms with van der Waals surface area (Å²) in [6, 6.07) is 0. The number of esters is 3. The van der Waals surface area contributed by atoms with Gasteiger partial charge in [0.25, 0.3) is 0 Å². The lowest BCUT2D eigenvalue weighted by molar-refractivity contribution is -0.274. The summed E-state index contributed by atoms with van der Waals surface area (Å²) in [7, 11) is 0. The number of carbonyl (C=O) groups excluding carboxylic acids is 3. The Labute approximate surface area is 146 Å². The highest BCUT2D eigenvalue weighted by Crippen LogP contribution is 2.22. The molecule has 0 saturated heterocycles. The summed E-state index contributed by atoms with van der Waals surface area (Å²) in [5, 5.41) is 8.85. The van der Waals surface area contributed by atoms with Gasteiger partial charge in [-0.15, -0.1) is 0 Å². The standard InChI is InChI=1S/C17H24O8/c1-11(2)14(18)22-7-17(10-25-21,8-23-15(19)12(3)4)9-24-16(20)13(5)6/h21H,1,3,5,7-10H2,2,4,6H3. The predicted octanol–water partition coefficient (Wildman–Crippen LogP) is 1.82. The molecule has 0 atom stereocenters. The number of carbonyl (C=O) groups is 3. The monoisotopic (exact) mass is 356 g/mol. The second kappa shape index (κ2) is 10.4. The number of rotatable bonds is 11. The summed E-state index contributed by atoms with van der Waals surface area (Å²) < 4.78 is 15.2. The lowest BCUT2D eigenvalue weighted by Gasteiger charge is -2.30. The van der Waals surface area contributed by atoms with Gasteiger partial charge in [0, 0.05) is 16.7 Å². The summed E-state index contributed by atoms with van der Waals surface area (Å²) in [4.78, 5) is 39.0. The van der Waals surface area contributed by atoms with Gasteiger partial charge in [0.1, 0.15) is 19.8 Å². The topological polar surface area (TPSA) is 108 Å². The first-order chi connectivity index (χ1) is 11.5. The zero-order chi connectivity index (χ0) is 19.6. The van der Waals surface area contributed by atoms with Gasteiger partial charge in [0.2, 0.25) is 0 Å². The molecule has 0 heterocycles. The Kier molecular flexibility index (Phi) is 9.40. The molecule has 0 saturated carbocycles. The summed E-state index contributed by atoms with van der Waals surface area (Å²) in [5.41, 5.74) is -0.874. The van der Waals surface area contributed by atoms with Crippen LogP contribution in [0, 0.1) is 5.41 Å². The third-order valence-electron chi connectivity index (χ3n) is 2.94. The van der Waals surface area contributed by atoms with E-state index in [9.17, 15) is 14.4 Å². The summed E-state index contributed by atoms with van der Waals surface area (Å²) in [6.07, 6.45) is 0. The fraction of sp³-hybridized carbons (Fsp3) is 0.471. The smallest absolute Gasteiger partial charge is 0.333 e. The summed E-state index contributed by atoms with van der Waals surface area (Å²) in [6.45, 7) is 13.2. The Hall–Kier alpha value is -2.45. The second-order valence-electron chi connectivity index (χ2n) is 5.84. The lowest BCUT2D eigenvalue weighted by atomic mass is 9.92. The maximum Gasteiger partial charge on any atom is 0.333 e. The van der Waals surface area contributed by atoms with E-state index in [0.717, 1.165) is 0 Å². The molecule has 8 nitrogen and oxygen atoms in total. The van der Waals surface area contributed by atoms with Gasteiger partial charge in [-0.3, -0.25) is 5.26 Å². The van der Waals surface area contributed by atoms with Gasteiger partial charge < -0.3 is 14.2 Å². The zero-order valence-electron chi connectivity index (χ0n) is 14.8. The molecule has 8 heteroatoms. The molecule has 0 aromatic heterocycles. The second-order valence-corrected chi connectivity index (χ2v) is 5.84. The fourth-order valence-corrected chi connectivity index (χ4v) is 1.41. The quantitative estimate of drug-likeness (QED) is 0.196. The van der Waals surface area contributed by atoms with Crippen LogP contribution in [0.2, 0.25) is 0 Å². The van der Waals surface area contributed by atoms with Crippen LogP contribution < -0.4 is 0 Å². The minimum atomic E-state index is -1.32. The van der Waals surface area contributed by atoms with Crippen molar-refractivity contribution in [1.29, 1.82) is 0 Å². The van der Waals surface area contributed by atoms with E-state index in [1.807, 2.05) is 0 Å². The van der Waals surface area contributed by atoms with Gasteiger partial charge in [-0.25, -0.2) is 19.3 Å². The average molecular weight is 356 g/mol. The van der Waals surface area contributed by atoms with Crippen LogP contribution >= 0.6 is 0 Å². The SMILES string of the molecule is C=C(C)C(=O)OCC(COO)(COC(=O)C(=C)C)COC(=O)C(=C)C. The van der Waals surface area contributed by atoms with E-state index in [0.29, 0.717) is 0 Å². The molecule has 0 radical (unpaired) electrons. The molecule has 140 valence electrons. The van der Waals surface area contributed by atoms with Crippen molar-refractivity contribution in [2.75, 3.05) is 26.4 Å². The first-order valence-electron chi connectivity index (χ1n) is 7.29. The number of hydrogen-bond donors (Lipinski definition) is 1. The third kappa shape index (κ3) is 8.27. The van der Waals surface area contributed by atoms with Crippen LogP contribution in [0.15, 0.2) is 36.5 Å². The van der Waals surface area contributed by atoms with E-state index in [2.05, 4.69) is 24.6 Å². The van der Waals surface area contributed by atoms with Crippen molar-refractivity contribution in [1.82, 2.24) is 0 Å². The Morgan fingerprint density at radius 1 is 0.720 bits per heavy atom. The van der Waals surface area contributed by atoms with Gasteiger partial charge in [0.05, 0.1) is 12.0 Å². The van der Waals surface area contributed by atoms with Gasteiger partial charge in [-0.2, -0.15) is 0 Å². The average Bonchev–Trinajstić information content (AvgIpc) is 2.54. The minimum absolute atomic E-state index is 0.150. The summed E-state index contributed by atoms with van der Waals surface area (Å²) >= 11 is 0. The van der Waals surface area contributed by atoms with Crippen LogP contribution in [0.25, 0.3) is 0 Å². The molecule has 0 spiro atoms. The van der Waals surface area contributed by atoms with Crippen molar-refractivity contribution in [2.45, 2.75) is 20.8 Å². The third-order valence-corrected chi connectivity index (χ3v) is 2.94. The van der Waals surface area contributed by atoms with Gasteiger partial charge in [-0.05, 0) is 20.8 Å². The fourth-order valence-electron chi connectivity index (χ4n) is 1.41. The van der Waals surface area contributed by atoms with Crippen molar-refractivity contribution in [3.05, 3.63) is 36.5 Å². The highest BCUT2D eigenvalue weighted by atomic mass is 17.1. The largest absolute Gasteiger partial charge is 0.461 e. The molecule has 0 aliphatic heterocycles. The van der Waals surface area contributed by atoms with E-state index in [4.69, 9.17) is 19.5 Å². The maximum atomic E-state index is 11.6. The van der Waals surface area contributed by atoms with Crippen molar-refractivity contribution < 1.29 is 38.7 Å². The van der Waals surface area contributed by atoms with E-state index in [1.54, 1.807) is 0 Å². The maximum absolute atomic E-state index is 11.6. The highest BCUT2D eigenvalue weighted by molar-refractivity contribution is 5.88. The Balaban J connectivity index is 5.27. The van der Waals surface area contributed by atoms with Crippen LogP contribution in [0.3, 0.4) is 0 Å². The highest BCUT2D eigenvalue weighted by Gasteiger charge is 2.37. The lowest BCUT2D eigenvalue weighted by Crippen LogP contribution is -2.43. The molecule has 0 bridgehead atoms. The molecule has 25 heavy (non-hydrogen) atoms. The molecule has 0 aromatic carbocycles. The van der Waals surface area contributed by atoms with Crippen LogP contribution in [0.1, 0.15) is 20.8 Å². The molecule has 0 amide bonds. The van der Waals surface area contributed by atoms with Crippen molar-refractivity contribution >= 4 is 17.9 Å². The molecule has 0 aliphatic carbocycles. The number of hydrogen-bond acceptors (Lipinski definition) is 8. The molecule has 0 aromatic rings. The van der Waals surface area contributed by atoms with E-state index >= 15 is 0 Å². The molecule has 1 N–H and O–H groups in total. The normalized spacial score (nSPS) is 10.6. The van der Waals surface area contributed by atoms with Crippen molar-refractivity contribution in [3.8, 4) is 0 Å². The number of ether oxygens (including phenoxy) is 3. The van der Waals surface area contributed by atoms with Crippen LogP contribution in [0.4, 0.5) is 0 Å². The molecule has 0 fully saturated rings. The van der Waals surface area contributed by atoms with Crippen molar-refractivity contribution in [3.63, 3.8) is 0 Å². The van der Waals surface area contributed by atoms with Crippen molar-refractivity contribution in [2.24, 2.45) is 5.41 Å². The molecule has 0 aliphatic rings. The van der Waals surface area contributed by atoms with Crippen LogP contribution in [0.5, 0.6) is 0 Å². The Bertz CT molecular complexity index is 487. The van der Waals surface area contributed by atoms with E-state index in [1.165, 1.54) is 20.8 Å². The first-order valence-corrected chi connectivity index (χ1v) is 7.29. The van der Waals surface area contributed by atoms with Crippen LogP contribution in [-0.2, 0) is 33.5 Å². The first kappa shape index (κ1) is 22.6. The van der Waals surface area contributed by atoms with Gasteiger partial charge >= 0.3 is 17.9 Å². The Morgan fingerprint density at radius 2 is 1.00 bits per heavy atom. The molecular formula is C17H24O8. The van der Waals surface area contributed by atoms with E-state index in [-0.39, 0.29) is 36.5 Å². The minimum Gasteiger partial charge on any atom is -0.461 e. The van der Waals surface area contributed by atoms with E-state index < -0.39 is 29.9 Å². The van der Waals surface area contributed by atoms with Crippen LogP contribution in [-0.4, -0.2) is 49.6 Å². The molecule has 0 unspecified atom stereocenters. The molecular weight excluding hydrogens is 332 g/mol. The Morgan fingerprint density at radius 3 is 1.20 bits per heavy atom. The van der Waals surface area contributed by atoms with Gasteiger partial charge in [-0.1, -0.05) is 19.7 Å². The van der Waals surface area contributed by atoms with Gasteiger partial charge in [0.15, 0.2) is 0 Å². The molecule has 0 rings (SSSR count).